The number of hydrogen-bond donors (Lipinski definition) is 3. The molecule has 0 unspecified atom stereocenters. The van der Waals surface area contributed by atoms with Crippen LogP contribution in [0.1, 0.15) is 26.2 Å². The van der Waals surface area contributed by atoms with Crippen molar-refractivity contribution in [1.82, 2.24) is 0 Å². The van der Waals surface area contributed by atoms with Crippen molar-refractivity contribution in [3.8, 4) is 5.75 Å². The van der Waals surface area contributed by atoms with Gasteiger partial charge in [0.05, 0.1) is 18.5 Å². The van der Waals surface area contributed by atoms with Gasteiger partial charge in [0.1, 0.15) is 5.75 Å². The van der Waals surface area contributed by atoms with Crippen LogP contribution >= 0.6 is 0 Å². The Morgan fingerprint density at radius 2 is 1.80 bits per heavy atom. The highest BCUT2D eigenvalue weighted by Crippen LogP contribution is 2.27. The summed E-state index contributed by atoms with van der Waals surface area (Å²) in [5.41, 5.74) is 6.40. The lowest BCUT2D eigenvalue weighted by Crippen LogP contribution is -2.18. The average molecular weight is 279 g/mol. The van der Waals surface area contributed by atoms with Crippen LogP contribution in [0, 0.1) is 0 Å². The third-order valence-electron chi connectivity index (χ3n) is 2.62. The minimum Gasteiger partial charge on any atom is -0.497 e. The molecule has 0 saturated heterocycles. The van der Waals surface area contributed by atoms with Gasteiger partial charge in [-0.2, -0.15) is 0 Å². The molecule has 0 fully saturated rings. The van der Waals surface area contributed by atoms with Gasteiger partial charge in [0, 0.05) is 25.5 Å². The summed E-state index contributed by atoms with van der Waals surface area (Å²) in [5.74, 6) is 0.306. The first-order valence-electron chi connectivity index (χ1n) is 6.58. The van der Waals surface area contributed by atoms with E-state index in [1.807, 2.05) is 6.92 Å². The lowest BCUT2D eigenvalue weighted by atomic mass is 10.2. The van der Waals surface area contributed by atoms with Crippen LogP contribution in [-0.2, 0) is 9.59 Å². The zero-order valence-electron chi connectivity index (χ0n) is 11.9. The number of amides is 2. The number of nitrogens with two attached hydrogens (primary N) is 1. The number of rotatable bonds is 7. The second kappa shape index (κ2) is 8.16. The van der Waals surface area contributed by atoms with Crippen molar-refractivity contribution in [2.45, 2.75) is 26.2 Å². The van der Waals surface area contributed by atoms with E-state index < -0.39 is 0 Å². The van der Waals surface area contributed by atoms with Gasteiger partial charge in [-0.3, -0.25) is 9.59 Å². The smallest absolute Gasteiger partial charge is 0.225 e. The predicted molar refractivity (Wildman–Crippen MR) is 78.8 cm³/mol. The molecule has 4 N–H and O–H groups in total. The summed E-state index contributed by atoms with van der Waals surface area (Å²) in [6.07, 6.45) is 1.42. The highest BCUT2D eigenvalue weighted by Gasteiger charge is 2.10. The number of benzene rings is 1. The molecular formula is C14H21N3O3. The van der Waals surface area contributed by atoms with E-state index in [4.69, 9.17) is 10.5 Å². The quantitative estimate of drug-likeness (QED) is 0.708. The number of ether oxygens (including phenoxy) is 1. The van der Waals surface area contributed by atoms with E-state index in [2.05, 4.69) is 10.6 Å². The molecule has 1 rings (SSSR count). The Hall–Kier alpha value is -2.08. The van der Waals surface area contributed by atoms with E-state index in [0.717, 1.165) is 6.42 Å². The minimum absolute atomic E-state index is 0.0907. The van der Waals surface area contributed by atoms with E-state index >= 15 is 0 Å². The highest BCUT2D eigenvalue weighted by atomic mass is 16.5. The minimum atomic E-state index is -0.202. The molecule has 6 heteroatoms. The molecule has 0 aliphatic carbocycles. The van der Waals surface area contributed by atoms with Crippen LogP contribution in [0.2, 0.25) is 0 Å². The van der Waals surface area contributed by atoms with E-state index in [0.29, 0.717) is 23.5 Å². The van der Waals surface area contributed by atoms with Crippen LogP contribution in [0.5, 0.6) is 5.75 Å². The Morgan fingerprint density at radius 3 is 2.40 bits per heavy atom. The molecule has 0 aromatic heterocycles. The molecule has 0 bridgehead atoms. The van der Waals surface area contributed by atoms with Crippen molar-refractivity contribution in [1.29, 1.82) is 0 Å². The molecular weight excluding hydrogens is 258 g/mol. The van der Waals surface area contributed by atoms with Gasteiger partial charge in [-0.05, 0) is 18.6 Å². The molecule has 0 aliphatic rings. The monoisotopic (exact) mass is 279 g/mol. The topological polar surface area (TPSA) is 93.5 Å². The fourth-order valence-electron chi connectivity index (χ4n) is 1.65. The van der Waals surface area contributed by atoms with Gasteiger partial charge in [-0.25, -0.2) is 0 Å². The van der Waals surface area contributed by atoms with E-state index in [1.165, 1.54) is 7.11 Å². The lowest BCUT2D eigenvalue weighted by Gasteiger charge is -2.13. The maximum absolute atomic E-state index is 11.7. The molecule has 0 spiro atoms. The van der Waals surface area contributed by atoms with Crippen LogP contribution in [0.4, 0.5) is 11.4 Å². The standard InChI is InChI=1S/C14H21N3O3/c1-3-4-13(18)16-11-6-5-10(20-2)9-12(11)17-14(19)7-8-15/h5-6,9H,3-4,7-8,15H2,1-2H3,(H,16,18)(H,17,19). The Morgan fingerprint density at radius 1 is 1.15 bits per heavy atom. The van der Waals surface area contributed by atoms with Crippen molar-refractivity contribution >= 4 is 23.2 Å². The van der Waals surface area contributed by atoms with Gasteiger partial charge in [0.15, 0.2) is 0 Å². The number of anilines is 2. The zero-order valence-corrected chi connectivity index (χ0v) is 11.9. The SMILES string of the molecule is CCCC(=O)Nc1ccc(OC)cc1NC(=O)CCN. The van der Waals surface area contributed by atoms with E-state index in [9.17, 15) is 9.59 Å². The number of methoxy groups -OCH3 is 1. The van der Waals surface area contributed by atoms with Crippen molar-refractivity contribution in [2.75, 3.05) is 24.3 Å². The van der Waals surface area contributed by atoms with Gasteiger partial charge in [0.2, 0.25) is 11.8 Å². The summed E-state index contributed by atoms with van der Waals surface area (Å²) in [6.45, 7) is 2.20. The third kappa shape index (κ3) is 4.89. The highest BCUT2D eigenvalue weighted by molar-refractivity contribution is 5.99. The zero-order chi connectivity index (χ0) is 15.0. The largest absolute Gasteiger partial charge is 0.497 e. The van der Waals surface area contributed by atoms with Gasteiger partial charge in [-0.15, -0.1) is 0 Å². The molecule has 1 aromatic rings. The number of hydrogen-bond acceptors (Lipinski definition) is 4. The predicted octanol–water partition coefficient (Wildman–Crippen LogP) is 1.72. The van der Waals surface area contributed by atoms with E-state index in [1.54, 1.807) is 18.2 Å². The van der Waals surface area contributed by atoms with Crippen molar-refractivity contribution in [3.63, 3.8) is 0 Å². The molecule has 1 aromatic carbocycles. The summed E-state index contributed by atoms with van der Waals surface area (Å²) >= 11 is 0. The van der Waals surface area contributed by atoms with Crippen LogP contribution in [0.25, 0.3) is 0 Å². The molecule has 110 valence electrons. The molecule has 0 saturated carbocycles. The van der Waals surface area contributed by atoms with Gasteiger partial charge < -0.3 is 21.1 Å². The summed E-state index contributed by atoms with van der Waals surface area (Å²) in [6, 6.07) is 5.08. The Labute approximate surface area is 118 Å². The Kier molecular flexibility index (Phi) is 6.52. The van der Waals surface area contributed by atoms with Gasteiger partial charge >= 0.3 is 0 Å². The van der Waals surface area contributed by atoms with Crippen molar-refractivity contribution in [2.24, 2.45) is 5.73 Å². The normalized spacial score (nSPS) is 9.95. The average Bonchev–Trinajstić information content (AvgIpc) is 2.41. The first kappa shape index (κ1) is 16.0. The summed E-state index contributed by atoms with van der Waals surface area (Å²) in [5, 5.41) is 5.49. The maximum atomic E-state index is 11.7. The van der Waals surface area contributed by atoms with Gasteiger partial charge in [0.25, 0.3) is 0 Å². The molecule has 0 radical (unpaired) electrons. The van der Waals surface area contributed by atoms with Gasteiger partial charge in [-0.1, -0.05) is 6.92 Å². The molecule has 0 aliphatic heterocycles. The third-order valence-corrected chi connectivity index (χ3v) is 2.62. The van der Waals surface area contributed by atoms with Crippen molar-refractivity contribution < 1.29 is 14.3 Å². The summed E-state index contributed by atoms with van der Waals surface area (Å²) < 4.78 is 5.12. The summed E-state index contributed by atoms with van der Waals surface area (Å²) in [7, 11) is 1.54. The Balaban J connectivity index is 2.91. The molecule has 6 nitrogen and oxygen atoms in total. The van der Waals surface area contributed by atoms with E-state index in [-0.39, 0.29) is 24.8 Å². The second-order valence-corrected chi connectivity index (χ2v) is 4.30. The number of carbonyl (C=O) groups excluding carboxylic acids is 2. The molecule has 0 heterocycles. The first-order valence-corrected chi connectivity index (χ1v) is 6.58. The fraction of sp³-hybridized carbons (Fsp3) is 0.429. The maximum Gasteiger partial charge on any atom is 0.225 e. The molecule has 0 atom stereocenters. The number of nitrogens with one attached hydrogen (secondary N) is 2. The molecule has 2 amide bonds. The van der Waals surface area contributed by atoms with Crippen LogP contribution < -0.4 is 21.1 Å². The van der Waals surface area contributed by atoms with Crippen LogP contribution in [0.15, 0.2) is 18.2 Å². The molecule has 20 heavy (non-hydrogen) atoms. The Bertz CT molecular complexity index is 475. The first-order chi connectivity index (χ1) is 9.60. The fourth-order valence-corrected chi connectivity index (χ4v) is 1.65. The van der Waals surface area contributed by atoms with Crippen LogP contribution in [-0.4, -0.2) is 25.5 Å². The lowest BCUT2D eigenvalue weighted by molar-refractivity contribution is -0.117. The van der Waals surface area contributed by atoms with Crippen LogP contribution in [0.3, 0.4) is 0 Å². The number of carbonyl (C=O) groups is 2. The summed E-state index contributed by atoms with van der Waals surface area (Å²) in [4.78, 5) is 23.3. The second-order valence-electron chi connectivity index (χ2n) is 4.30. The van der Waals surface area contributed by atoms with Crippen molar-refractivity contribution in [3.05, 3.63) is 18.2 Å².